The van der Waals surface area contributed by atoms with E-state index >= 15 is 0 Å². The smallest absolute Gasteiger partial charge is 0.247 e. The highest BCUT2D eigenvalue weighted by atomic mass is 35.5. The van der Waals surface area contributed by atoms with Gasteiger partial charge < -0.3 is 25.8 Å². The Labute approximate surface area is 221 Å². The summed E-state index contributed by atoms with van der Waals surface area (Å²) >= 11 is 6.74. The van der Waals surface area contributed by atoms with Gasteiger partial charge in [0.1, 0.15) is 11.6 Å². The van der Waals surface area contributed by atoms with Gasteiger partial charge in [0, 0.05) is 24.8 Å². The molecule has 2 heterocycles. The maximum absolute atomic E-state index is 12.2. The number of piperidine rings is 1. The minimum atomic E-state index is -0.352. The summed E-state index contributed by atoms with van der Waals surface area (Å²) in [6.07, 6.45) is 4.69. The average Bonchev–Trinajstić information content (AvgIpc) is 2.91. The number of amides is 1. The first-order valence-electron chi connectivity index (χ1n) is 11.9. The molecule has 2 aromatic carbocycles. The summed E-state index contributed by atoms with van der Waals surface area (Å²) in [4.78, 5) is 25.5. The fourth-order valence-electron chi connectivity index (χ4n) is 4.22. The Kier molecular flexibility index (Phi) is 8.23. The molecule has 4 rings (SSSR count). The summed E-state index contributed by atoms with van der Waals surface area (Å²) in [5, 5.41) is 19.2. The van der Waals surface area contributed by atoms with E-state index in [9.17, 15) is 10.1 Å². The van der Waals surface area contributed by atoms with Crippen molar-refractivity contribution in [3.8, 4) is 6.07 Å². The van der Waals surface area contributed by atoms with Crippen LogP contribution in [0.3, 0.4) is 0 Å². The van der Waals surface area contributed by atoms with Gasteiger partial charge in [-0.1, -0.05) is 36.4 Å². The number of nitrogens with zero attached hydrogens (tertiary/aromatic N) is 5. The number of nitrogens with one attached hydrogen (secondary N) is 3. The zero-order chi connectivity index (χ0) is 26.4. The lowest BCUT2D eigenvalue weighted by atomic mass is 10.0. The molecule has 3 aromatic rings. The number of hydrogen-bond donors (Lipinski definition) is 3. The van der Waals surface area contributed by atoms with E-state index in [2.05, 4.69) is 62.5 Å². The molecule has 37 heavy (non-hydrogen) atoms. The third-order valence-electron chi connectivity index (χ3n) is 6.26. The normalized spacial score (nSPS) is 13.6. The summed E-state index contributed by atoms with van der Waals surface area (Å²) in [5.74, 6) is 0.242. The van der Waals surface area contributed by atoms with Crippen LogP contribution >= 0.6 is 11.6 Å². The zero-order valence-corrected chi connectivity index (χ0v) is 21.6. The number of anilines is 6. The van der Waals surface area contributed by atoms with Crippen LogP contribution in [0.1, 0.15) is 18.4 Å². The molecule has 0 aliphatic carbocycles. The molecule has 10 heteroatoms. The lowest BCUT2D eigenvalue weighted by Gasteiger charge is -2.37. The Morgan fingerprint density at radius 1 is 1.19 bits per heavy atom. The van der Waals surface area contributed by atoms with E-state index in [0.29, 0.717) is 33.8 Å². The SMILES string of the molecule is C=CC(=O)Nc1cc(N2CCC(N(C)C)CC2)c(Cl)cc1Nc1ncc(C#N)c(Nc2ccccc2)n1. The molecule has 0 bridgehead atoms. The van der Waals surface area contributed by atoms with Crippen molar-refractivity contribution in [2.24, 2.45) is 0 Å². The fourth-order valence-corrected chi connectivity index (χ4v) is 4.50. The molecular weight excluding hydrogens is 488 g/mol. The van der Waals surface area contributed by atoms with Crippen LogP contribution in [0.4, 0.5) is 34.5 Å². The van der Waals surface area contributed by atoms with Gasteiger partial charge in [0.15, 0.2) is 5.82 Å². The van der Waals surface area contributed by atoms with Gasteiger partial charge >= 0.3 is 0 Å². The molecule has 0 saturated carbocycles. The van der Waals surface area contributed by atoms with Crippen LogP contribution in [0.25, 0.3) is 0 Å². The van der Waals surface area contributed by atoms with Gasteiger partial charge in [-0.15, -0.1) is 0 Å². The second-order valence-electron chi connectivity index (χ2n) is 8.91. The second kappa shape index (κ2) is 11.7. The van der Waals surface area contributed by atoms with Gasteiger partial charge in [-0.2, -0.15) is 10.2 Å². The number of carbonyl (C=O) groups is 1. The molecule has 9 nitrogen and oxygen atoms in total. The van der Waals surface area contributed by atoms with Gasteiger partial charge in [0.05, 0.1) is 28.3 Å². The van der Waals surface area contributed by atoms with E-state index in [0.717, 1.165) is 37.3 Å². The first-order chi connectivity index (χ1) is 17.9. The van der Waals surface area contributed by atoms with Gasteiger partial charge in [0.25, 0.3) is 0 Å². The van der Waals surface area contributed by atoms with Gasteiger partial charge in [-0.05, 0) is 57.3 Å². The average molecular weight is 517 g/mol. The molecule has 1 fully saturated rings. The molecule has 1 aliphatic heterocycles. The first kappa shape index (κ1) is 25.9. The number of nitriles is 1. The summed E-state index contributed by atoms with van der Waals surface area (Å²) in [7, 11) is 4.20. The van der Waals surface area contributed by atoms with Crippen molar-refractivity contribution < 1.29 is 4.79 Å². The maximum Gasteiger partial charge on any atom is 0.247 e. The van der Waals surface area contributed by atoms with Crippen molar-refractivity contribution in [2.45, 2.75) is 18.9 Å². The summed E-state index contributed by atoms with van der Waals surface area (Å²) in [6.45, 7) is 5.28. The van der Waals surface area contributed by atoms with E-state index in [1.54, 1.807) is 6.07 Å². The highest BCUT2D eigenvalue weighted by Crippen LogP contribution is 2.38. The topological polar surface area (TPSA) is 109 Å². The number of carbonyl (C=O) groups excluding carboxylic acids is 1. The van der Waals surface area contributed by atoms with Crippen LogP contribution in [0.5, 0.6) is 0 Å². The minimum absolute atomic E-state index is 0.238. The number of aromatic nitrogens is 2. The largest absolute Gasteiger partial charge is 0.370 e. The van der Waals surface area contributed by atoms with E-state index in [-0.39, 0.29) is 11.9 Å². The summed E-state index contributed by atoms with van der Waals surface area (Å²) < 4.78 is 0. The van der Waals surface area contributed by atoms with Crippen LogP contribution in [0.2, 0.25) is 5.02 Å². The number of rotatable bonds is 8. The highest BCUT2D eigenvalue weighted by Gasteiger charge is 2.23. The molecule has 3 N–H and O–H groups in total. The van der Waals surface area contributed by atoms with Crippen LogP contribution in [0.15, 0.2) is 61.3 Å². The van der Waals surface area contributed by atoms with Crippen molar-refractivity contribution in [3.05, 3.63) is 71.9 Å². The lowest BCUT2D eigenvalue weighted by Crippen LogP contribution is -2.42. The molecule has 0 unspecified atom stereocenters. The Hall–Kier alpha value is -4.13. The van der Waals surface area contributed by atoms with E-state index < -0.39 is 0 Å². The second-order valence-corrected chi connectivity index (χ2v) is 9.32. The van der Waals surface area contributed by atoms with Crippen molar-refractivity contribution in [2.75, 3.05) is 48.0 Å². The molecule has 0 radical (unpaired) electrons. The lowest BCUT2D eigenvalue weighted by molar-refractivity contribution is -0.111. The molecule has 0 spiro atoms. The summed E-state index contributed by atoms with van der Waals surface area (Å²) in [6, 6.07) is 15.7. The number of halogens is 1. The Morgan fingerprint density at radius 2 is 1.92 bits per heavy atom. The molecule has 0 atom stereocenters. The number of hydrogen-bond acceptors (Lipinski definition) is 8. The van der Waals surface area contributed by atoms with Crippen molar-refractivity contribution >= 4 is 52.0 Å². The number of benzene rings is 2. The predicted octanol–water partition coefficient (Wildman–Crippen LogP) is 5.14. The fraction of sp³-hybridized carbons (Fsp3) is 0.259. The molecule has 1 aromatic heterocycles. The van der Waals surface area contributed by atoms with Crippen molar-refractivity contribution in [1.82, 2.24) is 14.9 Å². The standard InChI is InChI=1S/C27H29ClN8O/c1-4-25(37)32-23-15-24(36-12-10-20(11-13-36)35(2)3)21(28)14-22(23)33-27-30-17-18(16-29)26(34-27)31-19-8-6-5-7-9-19/h4-9,14-15,17,20H,1,10-13H2,2-3H3,(H,32,37)(H2,30,31,33,34). The Balaban J connectivity index is 1.63. The third-order valence-corrected chi connectivity index (χ3v) is 6.56. The molecule has 1 amide bonds. The summed E-state index contributed by atoms with van der Waals surface area (Å²) in [5.41, 5.74) is 2.96. The van der Waals surface area contributed by atoms with Gasteiger partial charge in [-0.25, -0.2) is 4.98 Å². The predicted molar refractivity (Wildman–Crippen MR) is 149 cm³/mol. The molecule has 1 saturated heterocycles. The van der Waals surface area contributed by atoms with Crippen LogP contribution in [-0.4, -0.2) is 54.0 Å². The molecule has 190 valence electrons. The molecular formula is C27H29ClN8O. The molecule has 1 aliphatic rings. The highest BCUT2D eigenvalue weighted by molar-refractivity contribution is 6.34. The van der Waals surface area contributed by atoms with E-state index in [1.807, 2.05) is 36.4 Å². The van der Waals surface area contributed by atoms with Gasteiger partial charge in [0.2, 0.25) is 11.9 Å². The minimum Gasteiger partial charge on any atom is -0.370 e. The van der Waals surface area contributed by atoms with Crippen LogP contribution in [0, 0.1) is 11.3 Å². The quantitative estimate of drug-likeness (QED) is 0.353. The first-order valence-corrected chi connectivity index (χ1v) is 12.3. The van der Waals surface area contributed by atoms with E-state index in [1.165, 1.54) is 12.3 Å². The van der Waals surface area contributed by atoms with E-state index in [4.69, 9.17) is 11.6 Å². The zero-order valence-electron chi connectivity index (χ0n) is 20.8. The van der Waals surface area contributed by atoms with Crippen molar-refractivity contribution in [3.63, 3.8) is 0 Å². The maximum atomic E-state index is 12.2. The monoisotopic (exact) mass is 516 g/mol. The number of para-hydroxylation sites is 1. The van der Waals surface area contributed by atoms with Gasteiger partial charge in [-0.3, -0.25) is 4.79 Å². The van der Waals surface area contributed by atoms with Crippen molar-refractivity contribution in [1.29, 1.82) is 5.26 Å². The van der Waals surface area contributed by atoms with Crippen LogP contribution in [-0.2, 0) is 4.79 Å². The Bertz CT molecular complexity index is 1310. The van der Waals surface area contributed by atoms with Crippen LogP contribution < -0.4 is 20.9 Å². The Morgan fingerprint density at radius 3 is 2.57 bits per heavy atom. The third kappa shape index (κ3) is 6.36.